The third-order valence-electron chi connectivity index (χ3n) is 2.77. The van der Waals surface area contributed by atoms with Gasteiger partial charge in [0, 0.05) is 12.1 Å². The number of rotatable bonds is 5. The molecule has 0 fully saturated rings. The van der Waals surface area contributed by atoms with Gasteiger partial charge in [-0.3, -0.25) is 4.79 Å². The van der Waals surface area contributed by atoms with E-state index in [9.17, 15) is 4.79 Å². The van der Waals surface area contributed by atoms with Gasteiger partial charge < -0.3 is 15.4 Å². The molecule has 0 radical (unpaired) electrons. The van der Waals surface area contributed by atoms with E-state index < -0.39 is 6.10 Å². The molecule has 100 valence electrons. The minimum absolute atomic E-state index is 0.0878. The summed E-state index contributed by atoms with van der Waals surface area (Å²) in [5.74, 6) is -0.0878. The lowest BCUT2D eigenvalue weighted by Gasteiger charge is -2.07. The molecule has 0 aliphatic heterocycles. The van der Waals surface area contributed by atoms with Gasteiger partial charge in [0.1, 0.15) is 0 Å². The Balaban J connectivity index is 1.94. The lowest BCUT2D eigenvalue weighted by Crippen LogP contribution is -2.13. The van der Waals surface area contributed by atoms with Crippen molar-refractivity contribution in [2.45, 2.75) is 25.9 Å². The third-order valence-corrected chi connectivity index (χ3v) is 2.77. The second-order valence-corrected chi connectivity index (χ2v) is 4.48. The summed E-state index contributed by atoms with van der Waals surface area (Å²) in [6, 6.07) is 7.52. The van der Waals surface area contributed by atoms with Gasteiger partial charge in [-0.25, -0.2) is 4.98 Å². The largest absolute Gasteiger partial charge is 0.393 e. The molecule has 0 saturated carbocycles. The van der Waals surface area contributed by atoms with E-state index in [2.05, 4.69) is 15.3 Å². The van der Waals surface area contributed by atoms with Crippen LogP contribution in [0.3, 0.4) is 0 Å². The smallest absolute Gasteiger partial charge is 0.224 e. The Morgan fingerprint density at radius 1 is 1.42 bits per heavy atom. The Hall–Kier alpha value is -2.14. The van der Waals surface area contributed by atoms with Crippen LogP contribution < -0.4 is 5.32 Å². The van der Waals surface area contributed by atoms with Crippen LogP contribution in [0.5, 0.6) is 0 Å². The summed E-state index contributed by atoms with van der Waals surface area (Å²) in [7, 11) is 0. The van der Waals surface area contributed by atoms with E-state index in [4.69, 9.17) is 5.11 Å². The molecule has 0 bridgehead atoms. The summed E-state index contributed by atoms with van der Waals surface area (Å²) >= 11 is 0. The van der Waals surface area contributed by atoms with Crippen LogP contribution in [0, 0.1) is 0 Å². The van der Waals surface area contributed by atoms with Crippen LogP contribution in [-0.4, -0.2) is 27.1 Å². The van der Waals surface area contributed by atoms with Crippen LogP contribution in [0.25, 0.3) is 11.3 Å². The summed E-state index contributed by atoms with van der Waals surface area (Å²) < 4.78 is 0. The molecule has 1 atom stereocenters. The Labute approximate surface area is 111 Å². The van der Waals surface area contributed by atoms with Crippen molar-refractivity contribution >= 4 is 11.6 Å². The van der Waals surface area contributed by atoms with Crippen molar-refractivity contribution in [2.75, 3.05) is 5.32 Å². The molecule has 1 aromatic carbocycles. The van der Waals surface area contributed by atoms with Crippen LogP contribution >= 0.6 is 0 Å². The van der Waals surface area contributed by atoms with Gasteiger partial charge >= 0.3 is 0 Å². The molecule has 0 aliphatic rings. The van der Waals surface area contributed by atoms with Crippen LogP contribution in [-0.2, 0) is 4.79 Å². The number of aliphatic hydroxyl groups is 1. The molecule has 1 unspecified atom stereocenters. The Kier molecular flexibility index (Phi) is 4.30. The molecule has 19 heavy (non-hydrogen) atoms. The zero-order valence-electron chi connectivity index (χ0n) is 10.8. The van der Waals surface area contributed by atoms with Gasteiger partial charge in [-0.05, 0) is 31.0 Å². The average molecular weight is 259 g/mol. The number of aromatic amines is 1. The minimum Gasteiger partial charge on any atom is -0.393 e. The molecule has 5 nitrogen and oxygen atoms in total. The summed E-state index contributed by atoms with van der Waals surface area (Å²) in [6.45, 7) is 1.67. The zero-order valence-corrected chi connectivity index (χ0v) is 10.8. The lowest BCUT2D eigenvalue weighted by molar-refractivity contribution is -0.116. The number of anilines is 1. The molecule has 2 aromatic rings. The van der Waals surface area contributed by atoms with Gasteiger partial charge in [-0.1, -0.05) is 12.1 Å². The average Bonchev–Trinajstić information content (AvgIpc) is 2.91. The molecule has 1 aromatic heterocycles. The monoisotopic (exact) mass is 259 g/mol. The Morgan fingerprint density at radius 2 is 2.16 bits per heavy atom. The number of imidazole rings is 1. The molecule has 0 spiro atoms. The Bertz CT molecular complexity index is 518. The van der Waals surface area contributed by atoms with Gasteiger partial charge in [0.25, 0.3) is 0 Å². The number of benzene rings is 1. The number of H-pyrrole nitrogens is 1. The normalized spacial score (nSPS) is 12.1. The van der Waals surface area contributed by atoms with Crippen LogP contribution in [0.2, 0.25) is 0 Å². The standard InChI is InChI=1S/C14H17N3O2/c1-10(18)2-7-14(19)17-12-5-3-11(4-6-12)13-8-15-9-16-13/h3-6,8-10,18H,2,7H2,1H3,(H,15,16)(H,17,19). The van der Waals surface area contributed by atoms with E-state index >= 15 is 0 Å². The predicted octanol–water partition coefficient (Wildman–Crippen LogP) is 2.18. The number of hydrogen-bond acceptors (Lipinski definition) is 3. The highest BCUT2D eigenvalue weighted by molar-refractivity contribution is 5.90. The first-order valence-corrected chi connectivity index (χ1v) is 6.22. The van der Waals surface area contributed by atoms with Gasteiger partial charge in [0.2, 0.25) is 5.91 Å². The highest BCUT2D eigenvalue weighted by Gasteiger charge is 2.05. The number of hydrogen-bond donors (Lipinski definition) is 3. The molecular formula is C14H17N3O2. The molecule has 1 heterocycles. The minimum atomic E-state index is -0.450. The summed E-state index contributed by atoms with van der Waals surface area (Å²) in [5.41, 5.74) is 2.70. The van der Waals surface area contributed by atoms with E-state index in [1.165, 1.54) is 0 Å². The molecule has 5 heteroatoms. The molecule has 1 amide bonds. The Morgan fingerprint density at radius 3 is 2.74 bits per heavy atom. The maximum atomic E-state index is 11.6. The molecule has 3 N–H and O–H groups in total. The first-order valence-electron chi connectivity index (χ1n) is 6.22. The van der Waals surface area contributed by atoms with Crippen molar-refractivity contribution in [3.05, 3.63) is 36.8 Å². The third kappa shape index (κ3) is 3.93. The number of aliphatic hydroxyl groups excluding tert-OH is 1. The van der Waals surface area contributed by atoms with Crippen LogP contribution in [0.15, 0.2) is 36.8 Å². The quantitative estimate of drug-likeness (QED) is 0.770. The van der Waals surface area contributed by atoms with Crippen molar-refractivity contribution in [3.63, 3.8) is 0 Å². The number of carbonyl (C=O) groups excluding carboxylic acids is 1. The fourth-order valence-corrected chi connectivity index (χ4v) is 1.71. The van der Waals surface area contributed by atoms with Gasteiger partial charge in [-0.15, -0.1) is 0 Å². The molecule has 0 aliphatic carbocycles. The van der Waals surface area contributed by atoms with E-state index in [-0.39, 0.29) is 5.91 Å². The number of nitrogens with zero attached hydrogens (tertiary/aromatic N) is 1. The maximum absolute atomic E-state index is 11.6. The first-order chi connectivity index (χ1) is 9.15. The maximum Gasteiger partial charge on any atom is 0.224 e. The van der Waals surface area contributed by atoms with E-state index in [1.54, 1.807) is 19.4 Å². The number of carbonyl (C=O) groups is 1. The molecular weight excluding hydrogens is 242 g/mol. The fraction of sp³-hybridized carbons (Fsp3) is 0.286. The number of nitrogens with one attached hydrogen (secondary N) is 2. The van der Waals surface area contributed by atoms with E-state index in [0.29, 0.717) is 12.8 Å². The van der Waals surface area contributed by atoms with Crippen LogP contribution in [0.1, 0.15) is 19.8 Å². The zero-order chi connectivity index (χ0) is 13.7. The lowest BCUT2D eigenvalue weighted by atomic mass is 10.1. The highest BCUT2D eigenvalue weighted by atomic mass is 16.3. The van der Waals surface area contributed by atoms with Gasteiger partial charge in [0.05, 0.1) is 24.3 Å². The fourth-order valence-electron chi connectivity index (χ4n) is 1.71. The second kappa shape index (κ2) is 6.15. The summed E-state index contributed by atoms with van der Waals surface area (Å²) in [5, 5.41) is 11.9. The second-order valence-electron chi connectivity index (χ2n) is 4.48. The van der Waals surface area contributed by atoms with Gasteiger partial charge in [0.15, 0.2) is 0 Å². The SMILES string of the molecule is CC(O)CCC(=O)Nc1ccc(-c2cnc[nH]2)cc1. The number of aromatic nitrogens is 2. The van der Waals surface area contributed by atoms with Crippen LogP contribution in [0.4, 0.5) is 5.69 Å². The molecule has 2 rings (SSSR count). The van der Waals surface area contributed by atoms with Crippen molar-refractivity contribution in [2.24, 2.45) is 0 Å². The van der Waals surface area contributed by atoms with Crippen molar-refractivity contribution in [1.29, 1.82) is 0 Å². The van der Waals surface area contributed by atoms with E-state index in [0.717, 1.165) is 16.9 Å². The summed E-state index contributed by atoms with van der Waals surface area (Å²) in [6.07, 6.45) is 3.71. The van der Waals surface area contributed by atoms with Gasteiger partial charge in [-0.2, -0.15) is 0 Å². The predicted molar refractivity (Wildman–Crippen MR) is 73.6 cm³/mol. The highest BCUT2D eigenvalue weighted by Crippen LogP contribution is 2.18. The number of amides is 1. The topological polar surface area (TPSA) is 78.0 Å². The van der Waals surface area contributed by atoms with Crippen molar-refractivity contribution < 1.29 is 9.90 Å². The first kappa shape index (κ1) is 13.3. The summed E-state index contributed by atoms with van der Waals surface area (Å²) in [4.78, 5) is 18.6. The van der Waals surface area contributed by atoms with Crippen molar-refractivity contribution in [1.82, 2.24) is 9.97 Å². The van der Waals surface area contributed by atoms with E-state index in [1.807, 2.05) is 24.3 Å². The molecule has 0 saturated heterocycles. The van der Waals surface area contributed by atoms with Crippen molar-refractivity contribution in [3.8, 4) is 11.3 Å².